The summed E-state index contributed by atoms with van der Waals surface area (Å²) in [6.07, 6.45) is 9.45. The zero-order valence-corrected chi connectivity index (χ0v) is 31.5. The number of amides is 4. The fraction of sp³-hybridized carbons (Fsp3) is 0.366. The monoisotopic (exact) mass is 800 g/mol. The van der Waals surface area contributed by atoms with E-state index >= 15 is 0 Å². The number of carbonyl (C=O) groups excluding carboxylic acids is 4. The quantitative estimate of drug-likeness (QED) is 0.240. The minimum atomic E-state index is -1.02. The predicted molar refractivity (Wildman–Crippen MR) is 204 cm³/mol. The lowest BCUT2D eigenvalue weighted by atomic mass is 9.69. The molecule has 1 spiro atoms. The van der Waals surface area contributed by atoms with Crippen molar-refractivity contribution in [1.82, 2.24) is 39.7 Å². The SMILES string of the molecule is O=C1CCC(N2C(=O)c3ccc(-n4cc(CN5CCC(c6ccc7c(c6)-n6c(nc(=O)c8c(Br)cccc86)C76CCCCC6)CC5)nn4)cc3C2=O)C(=O)N1. The zero-order chi connectivity index (χ0) is 37.6. The van der Waals surface area contributed by atoms with Gasteiger partial charge in [0.15, 0.2) is 0 Å². The minimum absolute atomic E-state index is 0.0657. The Bertz CT molecular complexity index is 2550. The first-order valence-corrected chi connectivity index (χ1v) is 19.9. The van der Waals surface area contributed by atoms with Crippen molar-refractivity contribution in [2.45, 2.75) is 81.7 Å². The smallest absolute Gasteiger partial charge is 0.281 e. The summed E-state index contributed by atoms with van der Waals surface area (Å²) >= 11 is 3.62. The number of nitrogens with zero attached hydrogens (tertiary/aromatic N) is 7. The van der Waals surface area contributed by atoms with Crippen molar-refractivity contribution in [1.29, 1.82) is 0 Å². The highest BCUT2D eigenvalue weighted by Gasteiger charge is 2.47. The molecule has 3 fully saturated rings. The molecule has 278 valence electrons. The third kappa shape index (κ3) is 5.35. The number of halogens is 1. The lowest BCUT2D eigenvalue weighted by molar-refractivity contribution is -0.136. The van der Waals surface area contributed by atoms with Gasteiger partial charge in [-0.3, -0.25) is 43.7 Å². The first kappa shape index (κ1) is 34.2. The molecule has 1 unspecified atom stereocenters. The molecule has 4 amide bonds. The van der Waals surface area contributed by atoms with Crippen molar-refractivity contribution in [3.05, 3.63) is 109 Å². The van der Waals surface area contributed by atoms with Gasteiger partial charge in [0.05, 0.1) is 50.7 Å². The molecule has 2 saturated heterocycles. The first-order chi connectivity index (χ1) is 26.7. The number of rotatable bonds is 5. The van der Waals surface area contributed by atoms with E-state index in [4.69, 9.17) is 4.98 Å². The molecule has 5 aliphatic rings. The lowest BCUT2D eigenvalue weighted by Gasteiger charge is -2.34. The van der Waals surface area contributed by atoms with Crippen molar-refractivity contribution >= 4 is 50.5 Å². The molecule has 1 aliphatic carbocycles. The highest BCUT2D eigenvalue weighted by molar-refractivity contribution is 9.10. The van der Waals surface area contributed by atoms with E-state index in [0.717, 1.165) is 83.7 Å². The summed E-state index contributed by atoms with van der Waals surface area (Å²) in [6.45, 7) is 2.41. The van der Waals surface area contributed by atoms with Gasteiger partial charge in [0, 0.05) is 17.4 Å². The molecule has 4 aliphatic heterocycles. The maximum Gasteiger partial charge on any atom is 0.281 e. The van der Waals surface area contributed by atoms with Crippen LogP contribution in [-0.2, 0) is 21.5 Å². The number of imide groups is 2. The van der Waals surface area contributed by atoms with Gasteiger partial charge < -0.3 is 0 Å². The van der Waals surface area contributed by atoms with E-state index in [-0.39, 0.29) is 34.9 Å². The second-order valence-corrected chi connectivity index (χ2v) is 16.4. The van der Waals surface area contributed by atoms with Gasteiger partial charge in [-0.25, -0.2) is 4.68 Å². The van der Waals surface area contributed by atoms with Crippen LogP contribution in [0.1, 0.15) is 107 Å². The summed E-state index contributed by atoms with van der Waals surface area (Å²) in [4.78, 5) is 72.1. The number of nitrogens with one attached hydrogen (secondary N) is 1. The molecule has 6 heterocycles. The Morgan fingerprint density at radius 1 is 0.873 bits per heavy atom. The molecule has 2 aromatic heterocycles. The molecule has 1 N–H and O–H groups in total. The third-order valence-electron chi connectivity index (χ3n) is 12.5. The summed E-state index contributed by atoms with van der Waals surface area (Å²) in [5, 5.41) is 11.6. The molecular formula is C41H37BrN8O5. The molecule has 13 nitrogen and oxygen atoms in total. The molecule has 10 rings (SSSR count). The fourth-order valence-corrected chi connectivity index (χ4v) is 10.2. The predicted octanol–water partition coefficient (Wildman–Crippen LogP) is 5.07. The number of fused-ring (bicyclic) bond motifs is 8. The van der Waals surface area contributed by atoms with Crippen LogP contribution in [0.15, 0.2) is 70.1 Å². The third-order valence-corrected chi connectivity index (χ3v) is 13.1. The molecule has 3 aromatic carbocycles. The number of hydrogen-bond donors (Lipinski definition) is 1. The summed E-state index contributed by atoms with van der Waals surface area (Å²) in [5.41, 5.74) is 6.05. The second-order valence-electron chi connectivity index (χ2n) is 15.5. The van der Waals surface area contributed by atoms with Gasteiger partial charge in [-0.15, -0.1) is 5.10 Å². The molecule has 14 heteroatoms. The summed E-state index contributed by atoms with van der Waals surface area (Å²) in [6, 6.07) is 16.8. The number of likely N-dealkylation sites (tertiary alicyclic amines) is 1. The summed E-state index contributed by atoms with van der Waals surface area (Å²) in [7, 11) is 0. The molecule has 1 saturated carbocycles. The number of aromatic nitrogens is 5. The van der Waals surface area contributed by atoms with E-state index in [2.05, 4.69) is 59.2 Å². The van der Waals surface area contributed by atoms with Gasteiger partial charge in [0.2, 0.25) is 11.8 Å². The Morgan fingerprint density at radius 3 is 2.47 bits per heavy atom. The van der Waals surface area contributed by atoms with Gasteiger partial charge in [-0.05, 0) is 115 Å². The average Bonchev–Trinajstić information content (AvgIpc) is 3.83. The number of benzene rings is 3. The van der Waals surface area contributed by atoms with Gasteiger partial charge in [0.1, 0.15) is 11.9 Å². The van der Waals surface area contributed by atoms with E-state index in [1.807, 2.05) is 24.4 Å². The van der Waals surface area contributed by atoms with E-state index in [0.29, 0.717) is 23.5 Å². The number of carbonyl (C=O) groups is 4. The normalized spacial score (nSPS) is 21.0. The highest BCUT2D eigenvalue weighted by Crippen LogP contribution is 2.52. The number of hydrogen-bond acceptors (Lipinski definition) is 9. The summed E-state index contributed by atoms with van der Waals surface area (Å²) in [5.74, 6) is -0.871. The van der Waals surface area contributed by atoms with Crippen molar-refractivity contribution in [3.8, 4) is 11.4 Å². The van der Waals surface area contributed by atoms with Crippen LogP contribution in [0.5, 0.6) is 0 Å². The van der Waals surface area contributed by atoms with Gasteiger partial charge in [-0.1, -0.05) is 42.7 Å². The molecule has 0 radical (unpaired) electrons. The van der Waals surface area contributed by atoms with Crippen LogP contribution in [0, 0.1) is 0 Å². The van der Waals surface area contributed by atoms with Gasteiger partial charge >= 0.3 is 0 Å². The maximum absolute atomic E-state index is 13.4. The van der Waals surface area contributed by atoms with Crippen LogP contribution in [0.25, 0.3) is 22.3 Å². The van der Waals surface area contributed by atoms with Crippen LogP contribution in [0.2, 0.25) is 0 Å². The summed E-state index contributed by atoms with van der Waals surface area (Å²) < 4.78 is 4.64. The van der Waals surface area contributed by atoms with E-state index < -0.39 is 29.7 Å². The topological polar surface area (TPSA) is 152 Å². The Hall–Kier alpha value is -5.34. The fourth-order valence-electron chi connectivity index (χ4n) is 9.70. The van der Waals surface area contributed by atoms with Crippen molar-refractivity contribution in [2.24, 2.45) is 0 Å². The molecule has 0 bridgehead atoms. The minimum Gasteiger partial charge on any atom is -0.297 e. The van der Waals surface area contributed by atoms with Crippen LogP contribution in [0.3, 0.4) is 0 Å². The van der Waals surface area contributed by atoms with E-state index in [1.54, 1.807) is 22.9 Å². The van der Waals surface area contributed by atoms with Crippen molar-refractivity contribution in [2.75, 3.05) is 13.1 Å². The lowest BCUT2D eigenvalue weighted by Crippen LogP contribution is -2.54. The average molecular weight is 802 g/mol. The molecular weight excluding hydrogens is 764 g/mol. The Morgan fingerprint density at radius 2 is 1.67 bits per heavy atom. The van der Waals surface area contributed by atoms with Crippen molar-refractivity contribution in [3.63, 3.8) is 0 Å². The molecule has 5 aromatic rings. The van der Waals surface area contributed by atoms with Gasteiger partial charge in [0.25, 0.3) is 17.4 Å². The highest BCUT2D eigenvalue weighted by atomic mass is 79.9. The van der Waals surface area contributed by atoms with Crippen molar-refractivity contribution < 1.29 is 19.2 Å². The first-order valence-electron chi connectivity index (χ1n) is 19.1. The Kier molecular flexibility index (Phi) is 8.00. The van der Waals surface area contributed by atoms with E-state index in [9.17, 15) is 24.0 Å². The van der Waals surface area contributed by atoms with E-state index in [1.165, 1.54) is 17.5 Å². The Balaban J connectivity index is 0.850. The largest absolute Gasteiger partial charge is 0.297 e. The standard InChI is InChI=1S/C41H37BrN8O5/c42-30-5-4-6-31-35(30)37(53)44-40-41(15-2-1-3-16-41)29-10-7-24(19-33(29)49(31)40)23-13-17-47(18-14-23)21-25-22-48(46-45-25)26-8-9-27-28(20-26)39(55)50(38(27)54)32-11-12-34(51)43-36(32)52/h4-10,19-20,22-23,32H,1-3,11-18,21H2,(H,43,51,52). The van der Waals surface area contributed by atoms with Gasteiger partial charge in [-0.2, -0.15) is 4.98 Å². The van der Waals surface area contributed by atoms with Crippen LogP contribution in [-0.4, -0.2) is 77.1 Å². The van der Waals surface area contributed by atoms with Crippen LogP contribution in [0.4, 0.5) is 0 Å². The molecule has 55 heavy (non-hydrogen) atoms. The zero-order valence-electron chi connectivity index (χ0n) is 30.0. The molecule has 1 atom stereocenters. The number of piperidine rings is 2. The maximum atomic E-state index is 13.4. The van der Waals surface area contributed by atoms with Crippen LogP contribution >= 0.6 is 15.9 Å². The van der Waals surface area contributed by atoms with Crippen LogP contribution < -0.4 is 10.9 Å². The Labute approximate surface area is 323 Å². The second kappa shape index (κ2) is 12.9.